The van der Waals surface area contributed by atoms with Crippen LogP contribution in [-0.2, 0) is 11.4 Å². The Kier molecular flexibility index (Phi) is 5.68. The number of ether oxygens (including phenoxy) is 1. The van der Waals surface area contributed by atoms with Crippen molar-refractivity contribution in [2.45, 2.75) is 32.4 Å². The van der Waals surface area contributed by atoms with Crippen LogP contribution in [0.1, 0.15) is 36.0 Å². The van der Waals surface area contributed by atoms with Gasteiger partial charge in [0.15, 0.2) is 28.8 Å². The molecule has 1 aliphatic rings. The molecule has 9 heteroatoms. The van der Waals surface area contributed by atoms with Crippen LogP contribution in [0.5, 0.6) is 5.75 Å². The third-order valence-electron chi connectivity index (χ3n) is 4.22. The summed E-state index contributed by atoms with van der Waals surface area (Å²) in [7, 11) is 0. The second kappa shape index (κ2) is 8.15. The lowest BCUT2D eigenvalue weighted by Crippen LogP contribution is -2.46. The number of hydrogen-bond donors (Lipinski definition) is 1. The third-order valence-corrected chi connectivity index (χ3v) is 4.22. The number of para-hydroxylation sites is 1. The zero-order chi connectivity index (χ0) is 19.4. The van der Waals surface area contributed by atoms with E-state index in [9.17, 15) is 18.4 Å². The average molecular weight is 379 g/mol. The van der Waals surface area contributed by atoms with Crippen LogP contribution in [-0.4, -0.2) is 41.0 Å². The van der Waals surface area contributed by atoms with Gasteiger partial charge in [-0.25, -0.2) is 8.78 Å². The maximum atomic E-state index is 13.6. The molecule has 1 aliphatic heterocycles. The van der Waals surface area contributed by atoms with Crippen molar-refractivity contribution in [3.8, 4) is 5.75 Å². The van der Waals surface area contributed by atoms with E-state index in [1.807, 2.05) is 0 Å². The summed E-state index contributed by atoms with van der Waals surface area (Å²) in [6.07, 6.45) is 1.30. The molecule has 0 saturated carbocycles. The smallest absolute Gasteiger partial charge is 0.276 e. The maximum absolute atomic E-state index is 13.6. The summed E-state index contributed by atoms with van der Waals surface area (Å²) < 4.78 is 37.2. The van der Waals surface area contributed by atoms with Crippen LogP contribution in [0.2, 0.25) is 0 Å². The Balaban J connectivity index is 1.66. The predicted molar refractivity (Wildman–Crippen MR) is 89.9 cm³/mol. The molecule has 0 radical (unpaired) electrons. The number of rotatable bonds is 6. The molecule has 1 fully saturated rings. The molecule has 144 valence electrons. The molecule has 0 spiro atoms. The van der Waals surface area contributed by atoms with E-state index in [0.717, 1.165) is 12.1 Å². The number of halogens is 2. The lowest BCUT2D eigenvalue weighted by atomic mass is 10.2. The largest absolute Gasteiger partial charge is 0.479 e. The Bertz CT molecular complexity index is 820. The average Bonchev–Trinajstić information content (AvgIpc) is 3.30. The minimum absolute atomic E-state index is 0.0128. The van der Waals surface area contributed by atoms with Gasteiger partial charge in [-0.15, -0.1) is 0 Å². The Morgan fingerprint density at radius 2 is 2.11 bits per heavy atom. The molecular formula is C18H19F2N3O4. The first kappa shape index (κ1) is 18.8. The fourth-order valence-corrected chi connectivity index (χ4v) is 2.97. The highest BCUT2D eigenvalue weighted by molar-refractivity contribution is 5.96. The number of likely N-dealkylation sites (N-methyl/N-ethyl adjacent to an activating group) is 1. The van der Waals surface area contributed by atoms with Crippen molar-refractivity contribution in [2.24, 2.45) is 0 Å². The molecule has 27 heavy (non-hydrogen) atoms. The summed E-state index contributed by atoms with van der Waals surface area (Å²) in [4.78, 5) is 26.2. The summed E-state index contributed by atoms with van der Waals surface area (Å²) >= 11 is 0. The molecule has 2 amide bonds. The summed E-state index contributed by atoms with van der Waals surface area (Å²) in [5.74, 6) is -2.71. The second-order valence-electron chi connectivity index (χ2n) is 6.07. The van der Waals surface area contributed by atoms with Gasteiger partial charge in [0.1, 0.15) is 12.6 Å². The van der Waals surface area contributed by atoms with E-state index >= 15 is 0 Å². The van der Waals surface area contributed by atoms with Crippen LogP contribution in [0.4, 0.5) is 8.78 Å². The molecule has 7 nitrogen and oxygen atoms in total. The van der Waals surface area contributed by atoms with Gasteiger partial charge in [-0.3, -0.25) is 9.59 Å². The Morgan fingerprint density at radius 3 is 2.81 bits per heavy atom. The molecular weight excluding hydrogens is 360 g/mol. The molecule has 1 N–H and O–H groups in total. The number of amides is 2. The molecule has 3 rings (SSSR count). The molecule has 2 heterocycles. The SMILES string of the molecule is CCNC(=O)[C@@H]1CCCN1C(=O)c1cc(COc2c(F)cccc2F)on1. The summed E-state index contributed by atoms with van der Waals surface area (Å²) in [5.41, 5.74) is 0.0128. The molecule has 0 aliphatic carbocycles. The molecule has 0 unspecified atom stereocenters. The van der Waals surface area contributed by atoms with E-state index in [2.05, 4.69) is 10.5 Å². The van der Waals surface area contributed by atoms with Gasteiger partial charge in [0, 0.05) is 19.2 Å². The highest BCUT2D eigenvalue weighted by Crippen LogP contribution is 2.23. The van der Waals surface area contributed by atoms with Gasteiger partial charge in [0.05, 0.1) is 0 Å². The van der Waals surface area contributed by atoms with Gasteiger partial charge < -0.3 is 19.5 Å². The van der Waals surface area contributed by atoms with Gasteiger partial charge in [-0.2, -0.15) is 0 Å². The number of aromatic nitrogens is 1. The monoisotopic (exact) mass is 379 g/mol. The zero-order valence-corrected chi connectivity index (χ0v) is 14.7. The standard InChI is InChI=1S/C18H19F2N3O4/c1-2-21-17(24)15-7-4-8-23(15)18(25)14-9-11(27-22-14)10-26-16-12(19)5-3-6-13(16)20/h3,5-6,9,15H,2,4,7-8,10H2,1H3,(H,21,24)/t15-/m0/s1. The summed E-state index contributed by atoms with van der Waals surface area (Å²) in [6, 6.07) is 4.17. The number of nitrogens with zero attached hydrogens (tertiary/aromatic N) is 2. The first-order chi connectivity index (χ1) is 13.0. The van der Waals surface area contributed by atoms with Gasteiger partial charge in [0.25, 0.3) is 5.91 Å². The molecule has 1 saturated heterocycles. The zero-order valence-electron chi connectivity index (χ0n) is 14.7. The molecule has 1 aromatic heterocycles. The molecule has 1 atom stereocenters. The second-order valence-corrected chi connectivity index (χ2v) is 6.07. The maximum Gasteiger partial charge on any atom is 0.276 e. The van der Waals surface area contributed by atoms with E-state index < -0.39 is 29.3 Å². The van der Waals surface area contributed by atoms with Crippen LogP contribution in [0.3, 0.4) is 0 Å². The molecule has 2 aromatic rings. The van der Waals surface area contributed by atoms with E-state index in [0.29, 0.717) is 25.9 Å². The van der Waals surface area contributed by atoms with E-state index in [1.54, 1.807) is 6.92 Å². The van der Waals surface area contributed by atoms with Crippen LogP contribution in [0, 0.1) is 11.6 Å². The summed E-state index contributed by atoms with van der Waals surface area (Å²) in [6.45, 7) is 2.44. The van der Waals surface area contributed by atoms with E-state index in [4.69, 9.17) is 9.26 Å². The molecule has 0 bridgehead atoms. The number of carbonyl (C=O) groups is 2. The lowest BCUT2D eigenvalue weighted by Gasteiger charge is -2.22. The van der Waals surface area contributed by atoms with E-state index in [1.165, 1.54) is 17.0 Å². The van der Waals surface area contributed by atoms with Crippen LogP contribution < -0.4 is 10.1 Å². The lowest BCUT2D eigenvalue weighted by molar-refractivity contribution is -0.124. The Hall–Kier alpha value is -2.97. The fraction of sp³-hybridized carbons (Fsp3) is 0.389. The topological polar surface area (TPSA) is 84.7 Å². The fourth-order valence-electron chi connectivity index (χ4n) is 2.97. The van der Waals surface area contributed by atoms with E-state index in [-0.39, 0.29) is 24.0 Å². The van der Waals surface area contributed by atoms with Crippen molar-refractivity contribution in [3.05, 3.63) is 47.4 Å². The molecule has 1 aromatic carbocycles. The number of benzene rings is 1. The quantitative estimate of drug-likeness (QED) is 0.832. The van der Waals surface area contributed by atoms with Gasteiger partial charge >= 0.3 is 0 Å². The Labute approximate surface area is 154 Å². The van der Waals surface area contributed by atoms with Crippen molar-refractivity contribution in [2.75, 3.05) is 13.1 Å². The number of nitrogens with one attached hydrogen (secondary N) is 1. The summed E-state index contributed by atoms with van der Waals surface area (Å²) in [5, 5.41) is 6.40. The minimum atomic E-state index is -0.840. The number of carbonyl (C=O) groups excluding carboxylic acids is 2. The minimum Gasteiger partial charge on any atom is -0.479 e. The van der Waals surface area contributed by atoms with Gasteiger partial charge in [-0.1, -0.05) is 11.2 Å². The van der Waals surface area contributed by atoms with Crippen molar-refractivity contribution >= 4 is 11.8 Å². The van der Waals surface area contributed by atoms with Crippen molar-refractivity contribution in [1.29, 1.82) is 0 Å². The number of likely N-dealkylation sites (tertiary alicyclic amines) is 1. The highest BCUT2D eigenvalue weighted by Gasteiger charge is 2.35. The predicted octanol–water partition coefficient (Wildman–Crippen LogP) is 2.27. The van der Waals surface area contributed by atoms with Gasteiger partial charge in [0.2, 0.25) is 5.91 Å². The highest BCUT2D eigenvalue weighted by atomic mass is 19.1. The van der Waals surface area contributed by atoms with Crippen LogP contribution >= 0.6 is 0 Å². The number of hydrogen-bond acceptors (Lipinski definition) is 5. The van der Waals surface area contributed by atoms with Crippen molar-refractivity contribution < 1.29 is 27.6 Å². The third kappa shape index (κ3) is 4.07. The first-order valence-corrected chi connectivity index (χ1v) is 8.62. The normalized spacial score (nSPS) is 16.4. The van der Waals surface area contributed by atoms with Crippen LogP contribution in [0.25, 0.3) is 0 Å². The van der Waals surface area contributed by atoms with Crippen molar-refractivity contribution in [3.63, 3.8) is 0 Å². The first-order valence-electron chi connectivity index (χ1n) is 8.62. The van der Waals surface area contributed by atoms with Crippen LogP contribution in [0.15, 0.2) is 28.8 Å². The van der Waals surface area contributed by atoms with Crippen molar-refractivity contribution in [1.82, 2.24) is 15.4 Å². The Morgan fingerprint density at radius 1 is 1.37 bits per heavy atom. The van der Waals surface area contributed by atoms with Gasteiger partial charge in [-0.05, 0) is 31.9 Å².